The SMILES string of the molecule is CC1CC(C(=O)O)CN(C(=O)c2ccc(C3SCCCS3)cc2)C1. The third-order valence-electron chi connectivity index (χ3n) is 4.55. The van der Waals surface area contributed by atoms with Gasteiger partial charge in [0.1, 0.15) is 0 Å². The Balaban J connectivity index is 1.69. The largest absolute Gasteiger partial charge is 0.481 e. The van der Waals surface area contributed by atoms with Gasteiger partial charge < -0.3 is 10.0 Å². The minimum absolute atomic E-state index is 0.0525. The molecule has 6 heteroatoms. The molecule has 0 saturated carbocycles. The second kappa shape index (κ2) is 7.83. The molecule has 0 bridgehead atoms. The maximum Gasteiger partial charge on any atom is 0.308 e. The molecule has 2 aliphatic heterocycles. The van der Waals surface area contributed by atoms with E-state index in [0.29, 0.717) is 29.7 Å². The number of aliphatic carboxylic acids is 1. The van der Waals surface area contributed by atoms with Crippen LogP contribution in [0.3, 0.4) is 0 Å². The summed E-state index contributed by atoms with van der Waals surface area (Å²) in [6.45, 7) is 2.96. The smallest absolute Gasteiger partial charge is 0.308 e. The topological polar surface area (TPSA) is 57.6 Å². The van der Waals surface area contributed by atoms with Gasteiger partial charge in [-0.3, -0.25) is 9.59 Å². The molecule has 1 aromatic rings. The predicted molar refractivity (Wildman–Crippen MR) is 99.5 cm³/mol. The average Bonchev–Trinajstić information content (AvgIpc) is 2.61. The zero-order valence-electron chi connectivity index (χ0n) is 13.8. The van der Waals surface area contributed by atoms with E-state index in [1.165, 1.54) is 23.5 Å². The van der Waals surface area contributed by atoms with Gasteiger partial charge >= 0.3 is 5.97 Å². The van der Waals surface area contributed by atoms with Crippen molar-refractivity contribution in [2.75, 3.05) is 24.6 Å². The van der Waals surface area contributed by atoms with E-state index in [1.54, 1.807) is 4.90 Å². The van der Waals surface area contributed by atoms with E-state index in [0.717, 1.165) is 0 Å². The number of rotatable bonds is 3. The molecule has 24 heavy (non-hydrogen) atoms. The van der Waals surface area contributed by atoms with Crippen molar-refractivity contribution in [3.8, 4) is 0 Å². The number of amides is 1. The molecule has 0 spiro atoms. The molecule has 0 radical (unpaired) electrons. The molecule has 2 saturated heterocycles. The minimum Gasteiger partial charge on any atom is -0.481 e. The van der Waals surface area contributed by atoms with Crippen LogP contribution in [0.25, 0.3) is 0 Å². The summed E-state index contributed by atoms with van der Waals surface area (Å²) < 4.78 is 0.467. The van der Waals surface area contributed by atoms with Gasteiger partial charge in [-0.05, 0) is 48.0 Å². The standard InChI is InChI=1S/C18H23NO3S2/c1-12-9-15(17(21)22)11-19(10-12)16(20)13-3-5-14(6-4-13)18-23-7-2-8-24-18/h3-6,12,15,18H,2,7-11H2,1H3,(H,21,22). The Morgan fingerprint density at radius 3 is 2.42 bits per heavy atom. The molecule has 0 aromatic heterocycles. The maximum absolute atomic E-state index is 12.7. The van der Waals surface area contributed by atoms with Crippen LogP contribution in [-0.2, 0) is 4.79 Å². The van der Waals surface area contributed by atoms with E-state index < -0.39 is 11.9 Å². The number of likely N-dealkylation sites (tertiary alicyclic amines) is 1. The van der Waals surface area contributed by atoms with Crippen LogP contribution in [0.1, 0.15) is 40.3 Å². The second-order valence-corrected chi connectivity index (χ2v) is 9.36. The molecule has 2 heterocycles. The quantitative estimate of drug-likeness (QED) is 0.884. The molecule has 2 aliphatic rings. The Kier molecular flexibility index (Phi) is 5.76. The molecule has 4 nitrogen and oxygen atoms in total. The number of hydrogen-bond donors (Lipinski definition) is 1. The van der Waals surface area contributed by atoms with E-state index in [2.05, 4.69) is 0 Å². The number of benzene rings is 1. The minimum atomic E-state index is -0.805. The molecule has 1 aromatic carbocycles. The Bertz CT molecular complexity index is 599. The summed E-state index contributed by atoms with van der Waals surface area (Å²) in [5.74, 6) is 1.30. The zero-order chi connectivity index (χ0) is 17.1. The highest BCUT2D eigenvalue weighted by molar-refractivity contribution is 8.16. The molecule has 2 atom stereocenters. The molecular weight excluding hydrogens is 342 g/mol. The van der Waals surface area contributed by atoms with Gasteiger partial charge in [0.05, 0.1) is 10.5 Å². The second-order valence-electron chi connectivity index (χ2n) is 6.64. The lowest BCUT2D eigenvalue weighted by atomic mass is 9.90. The molecule has 1 amide bonds. The van der Waals surface area contributed by atoms with Crippen molar-refractivity contribution in [2.45, 2.75) is 24.3 Å². The van der Waals surface area contributed by atoms with Crippen molar-refractivity contribution in [1.29, 1.82) is 0 Å². The van der Waals surface area contributed by atoms with E-state index in [9.17, 15) is 14.7 Å². The summed E-state index contributed by atoms with van der Waals surface area (Å²) in [6, 6.07) is 7.88. The number of thioether (sulfide) groups is 2. The first kappa shape index (κ1) is 17.7. The first-order valence-corrected chi connectivity index (χ1v) is 10.5. The summed E-state index contributed by atoms with van der Waals surface area (Å²) in [4.78, 5) is 25.7. The third-order valence-corrected chi connectivity index (χ3v) is 7.57. The Labute approximate surface area is 151 Å². The lowest BCUT2D eigenvalue weighted by Gasteiger charge is -2.34. The zero-order valence-corrected chi connectivity index (χ0v) is 15.4. The van der Waals surface area contributed by atoms with Crippen molar-refractivity contribution >= 4 is 35.4 Å². The van der Waals surface area contributed by atoms with Gasteiger partial charge in [-0.2, -0.15) is 0 Å². The highest BCUT2D eigenvalue weighted by atomic mass is 32.2. The van der Waals surface area contributed by atoms with Gasteiger partial charge in [0.15, 0.2) is 0 Å². The normalized spacial score (nSPS) is 25.5. The molecule has 130 valence electrons. The van der Waals surface area contributed by atoms with Crippen molar-refractivity contribution < 1.29 is 14.7 Å². The number of carboxylic acids is 1. The molecule has 2 unspecified atom stereocenters. The first-order chi connectivity index (χ1) is 11.5. The third kappa shape index (κ3) is 4.09. The predicted octanol–water partition coefficient (Wildman–Crippen LogP) is 3.74. The molecule has 0 aliphatic carbocycles. The lowest BCUT2D eigenvalue weighted by Crippen LogP contribution is -2.45. The number of carbonyl (C=O) groups is 2. The highest BCUT2D eigenvalue weighted by Crippen LogP contribution is 2.43. The highest BCUT2D eigenvalue weighted by Gasteiger charge is 2.32. The van der Waals surface area contributed by atoms with Crippen LogP contribution in [0.5, 0.6) is 0 Å². The maximum atomic E-state index is 12.7. The van der Waals surface area contributed by atoms with Crippen LogP contribution in [0.4, 0.5) is 0 Å². The van der Waals surface area contributed by atoms with E-state index in [1.807, 2.05) is 54.7 Å². The fourth-order valence-corrected chi connectivity index (χ4v) is 6.24. The van der Waals surface area contributed by atoms with Crippen LogP contribution in [0.2, 0.25) is 0 Å². The first-order valence-electron chi connectivity index (χ1n) is 8.40. The number of carboxylic acid groups (broad SMARTS) is 1. The van der Waals surface area contributed by atoms with Crippen LogP contribution >= 0.6 is 23.5 Å². The van der Waals surface area contributed by atoms with Crippen LogP contribution < -0.4 is 0 Å². The van der Waals surface area contributed by atoms with Crippen molar-refractivity contribution in [1.82, 2.24) is 4.90 Å². The van der Waals surface area contributed by atoms with E-state index in [-0.39, 0.29) is 11.8 Å². The van der Waals surface area contributed by atoms with Crippen molar-refractivity contribution in [3.05, 3.63) is 35.4 Å². The summed E-state index contributed by atoms with van der Waals surface area (Å²) >= 11 is 3.93. The van der Waals surface area contributed by atoms with Gasteiger partial charge in [0, 0.05) is 18.7 Å². The number of piperidine rings is 1. The fraction of sp³-hybridized carbons (Fsp3) is 0.556. The van der Waals surface area contributed by atoms with Gasteiger partial charge in [0.25, 0.3) is 5.91 Å². The molecule has 1 N–H and O–H groups in total. The van der Waals surface area contributed by atoms with Crippen LogP contribution in [0, 0.1) is 11.8 Å². The molecule has 3 rings (SSSR count). The Morgan fingerprint density at radius 1 is 1.12 bits per heavy atom. The van der Waals surface area contributed by atoms with Gasteiger partial charge in [-0.1, -0.05) is 19.1 Å². The van der Waals surface area contributed by atoms with Crippen molar-refractivity contribution in [2.24, 2.45) is 11.8 Å². The van der Waals surface area contributed by atoms with Crippen LogP contribution in [-0.4, -0.2) is 46.5 Å². The summed E-state index contributed by atoms with van der Waals surface area (Å²) in [7, 11) is 0. The number of carbonyl (C=O) groups excluding carboxylic acids is 1. The van der Waals surface area contributed by atoms with Crippen molar-refractivity contribution in [3.63, 3.8) is 0 Å². The summed E-state index contributed by atoms with van der Waals surface area (Å²) in [6.07, 6.45) is 1.91. The van der Waals surface area contributed by atoms with Gasteiger partial charge in [-0.15, -0.1) is 23.5 Å². The molecule has 2 fully saturated rings. The van der Waals surface area contributed by atoms with Gasteiger partial charge in [-0.25, -0.2) is 0 Å². The van der Waals surface area contributed by atoms with Gasteiger partial charge in [0.2, 0.25) is 0 Å². The Hall–Kier alpha value is -1.14. The number of hydrogen-bond acceptors (Lipinski definition) is 4. The van der Waals surface area contributed by atoms with E-state index >= 15 is 0 Å². The summed E-state index contributed by atoms with van der Waals surface area (Å²) in [5, 5.41) is 9.26. The summed E-state index contributed by atoms with van der Waals surface area (Å²) in [5.41, 5.74) is 1.92. The molecular formula is C18H23NO3S2. The average molecular weight is 366 g/mol. The number of nitrogens with zero attached hydrogens (tertiary/aromatic N) is 1. The van der Waals surface area contributed by atoms with E-state index in [4.69, 9.17) is 0 Å². The van der Waals surface area contributed by atoms with Crippen LogP contribution in [0.15, 0.2) is 24.3 Å². The monoisotopic (exact) mass is 365 g/mol. The lowest BCUT2D eigenvalue weighted by molar-refractivity contribution is -0.143. The Morgan fingerprint density at radius 2 is 1.79 bits per heavy atom. The fourth-order valence-electron chi connectivity index (χ4n) is 3.34.